The fraction of sp³-hybridized carbons (Fsp3) is 0.353. The Morgan fingerprint density at radius 2 is 2.30 bits per heavy atom. The lowest BCUT2D eigenvalue weighted by Gasteiger charge is -2.08. The fourth-order valence-electron chi connectivity index (χ4n) is 2.24. The molecule has 0 aliphatic carbocycles. The predicted octanol–water partition coefficient (Wildman–Crippen LogP) is 4.13. The summed E-state index contributed by atoms with van der Waals surface area (Å²) < 4.78 is 6.43. The summed E-state index contributed by atoms with van der Waals surface area (Å²) in [7, 11) is 0. The van der Waals surface area contributed by atoms with E-state index in [1.165, 1.54) is 11.3 Å². The molecular formula is C17H19N3O2S. The highest BCUT2D eigenvalue weighted by molar-refractivity contribution is 7.22. The maximum absolute atomic E-state index is 12.1. The Bertz CT molecular complexity index is 761. The van der Waals surface area contributed by atoms with Crippen molar-refractivity contribution in [3.05, 3.63) is 30.4 Å². The number of hydrogen-bond acceptors (Lipinski definition) is 5. The lowest BCUT2D eigenvalue weighted by molar-refractivity contribution is -0.116. The van der Waals surface area contributed by atoms with Gasteiger partial charge in [-0.3, -0.25) is 4.79 Å². The molecule has 0 aliphatic rings. The first-order valence-corrected chi connectivity index (χ1v) is 8.24. The predicted molar refractivity (Wildman–Crippen MR) is 92.6 cm³/mol. The molecule has 1 atom stereocenters. The first-order chi connectivity index (χ1) is 11.0. The number of amides is 1. The Balaban J connectivity index is 1.99. The summed E-state index contributed by atoms with van der Waals surface area (Å²) >= 11 is 1.42. The Labute approximate surface area is 139 Å². The summed E-state index contributed by atoms with van der Waals surface area (Å²) in [6.45, 7) is 8.11. The van der Waals surface area contributed by atoms with Gasteiger partial charge in [-0.15, -0.1) is 0 Å². The van der Waals surface area contributed by atoms with Gasteiger partial charge in [-0.1, -0.05) is 24.8 Å². The third-order valence-electron chi connectivity index (χ3n) is 3.20. The smallest absolute Gasteiger partial charge is 0.226 e. The Kier molecular flexibility index (Phi) is 5.72. The summed E-state index contributed by atoms with van der Waals surface area (Å²) in [6.07, 6.45) is 0.863. The molecule has 1 aromatic heterocycles. The SMILES string of the molecule is C=C(C#N)C[C@@H](C)CC(=O)Nc1nc2ccc(OCC)cc2s1. The molecule has 120 valence electrons. The summed E-state index contributed by atoms with van der Waals surface area (Å²) in [5.41, 5.74) is 1.33. The van der Waals surface area contributed by atoms with Crippen LogP contribution in [0, 0.1) is 17.2 Å². The maximum Gasteiger partial charge on any atom is 0.226 e. The van der Waals surface area contributed by atoms with Gasteiger partial charge < -0.3 is 10.1 Å². The number of nitrogens with one attached hydrogen (secondary N) is 1. The first kappa shape index (κ1) is 17.0. The van der Waals surface area contributed by atoms with Crippen LogP contribution in [0.15, 0.2) is 30.4 Å². The van der Waals surface area contributed by atoms with Crippen molar-refractivity contribution < 1.29 is 9.53 Å². The molecular weight excluding hydrogens is 310 g/mol. The highest BCUT2D eigenvalue weighted by Crippen LogP contribution is 2.29. The zero-order valence-corrected chi connectivity index (χ0v) is 14.1. The van der Waals surface area contributed by atoms with Crippen molar-refractivity contribution in [2.24, 2.45) is 5.92 Å². The highest BCUT2D eigenvalue weighted by Gasteiger charge is 2.13. The number of carbonyl (C=O) groups excluding carboxylic acids is 1. The number of fused-ring (bicyclic) bond motifs is 1. The Hall–Kier alpha value is -2.39. The molecule has 0 spiro atoms. The molecule has 0 saturated carbocycles. The summed E-state index contributed by atoms with van der Waals surface area (Å²) in [5, 5.41) is 12.1. The molecule has 1 aromatic carbocycles. The molecule has 2 rings (SSSR count). The van der Waals surface area contributed by atoms with E-state index in [0.29, 0.717) is 30.2 Å². The topological polar surface area (TPSA) is 75.0 Å². The van der Waals surface area contributed by atoms with Crippen LogP contribution in [-0.4, -0.2) is 17.5 Å². The Morgan fingerprint density at radius 3 is 3.00 bits per heavy atom. The number of benzene rings is 1. The van der Waals surface area contributed by atoms with Gasteiger partial charge in [0, 0.05) is 12.0 Å². The third kappa shape index (κ3) is 4.80. The van der Waals surface area contributed by atoms with Crippen LogP contribution in [0.2, 0.25) is 0 Å². The molecule has 0 saturated heterocycles. The van der Waals surface area contributed by atoms with Gasteiger partial charge in [0.25, 0.3) is 0 Å². The van der Waals surface area contributed by atoms with Crippen LogP contribution >= 0.6 is 11.3 Å². The molecule has 1 amide bonds. The second kappa shape index (κ2) is 7.75. The van der Waals surface area contributed by atoms with Crippen LogP contribution in [0.3, 0.4) is 0 Å². The van der Waals surface area contributed by atoms with Gasteiger partial charge in [0.05, 0.1) is 22.9 Å². The molecule has 1 heterocycles. The van der Waals surface area contributed by atoms with Crippen LogP contribution < -0.4 is 10.1 Å². The molecule has 0 radical (unpaired) electrons. The van der Waals surface area contributed by atoms with Crippen molar-refractivity contribution >= 4 is 32.6 Å². The lowest BCUT2D eigenvalue weighted by Crippen LogP contribution is -2.15. The van der Waals surface area contributed by atoms with E-state index >= 15 is 0 Å². The molecule has 5 nitrogen and oxygen atoms in total. The number of rotatable bonds is 7. The fourth-order valence-corrected chi connectivity index (χ4v) is 3.15. The standard InChI is InChI=1S/C17H19N3O2S/c1-4-22-13-5-6-14-15(9-13)23-17(19-14)20-16(21)8-11(2)7-12(3)10-18/h5-6,9,11H,3-4,7-8H2,1-2H3,(H,19,20,21)/t11-/m1/s1. The van der Waals surface area contributed by atoms with Gasteiger partial charge in [-0.2, -0.15) is 5.26 Å². The molecule has 2 aromatic rings. The molecule has 6 heteroatoms. The van der Waals surface area contributed by atoms with E-state index < -0.39 is 0 Å². The number of anilines is 1. The van der Waals surface area contributed by atoms with Crippen LogP contribution in [0.1, 0.15) is 26.7 Å². The average Bonchev–Trinajstić information content (AvgIpc) is 2.88. The molecule has 23 heavy (non-hydrogen) atoms. The van der Waals surface area contributed by atoms with E-state index in [9.17, 15) is 4.79 Å². The summed E-state index contributed by atoms with van der Waals surface area (Å²) in [5.74, 6) is 0.763. The van der Waals surface area contributed by atoms with Crippen molar-refractivity contribution in [1.82, 2.24) is 4.98 Å². The van der Waals surface area contributed by atoms with Crippen molar-refractivity contribution in [1.29, 1.82) is 5.26 Å². The zero-order valence-electron chi connectivity index (χ0n) is 13.3. The van der Waals surface area contributed by atoms with Crippen LogP contribution in [0.5, 0.6) is 5.75 Å². The number of carbonyl (C=O) groups is 1. The summed E-state index contributed by atoms with van der Waals surface area (Å²) in [4.78, 5) is 16.5. The molecule has 0 unspecified atom stereocenters. The minimum atomic E-state index is -0.104. The Morgan fingerprint density at radius 1 is 1.52 bits per heavy atom. The number of aromatic nitrogens is 1. The summed E-state index contributed by atoms with van der Waals surface area (Å²) in [6, 6.07) is 7.67. The first-order valence-electron chi connectivity index (χ1n) is 7.43. The molecule has 0 bridgehead atoms. The molecule has 1 N–H and O–H groups in total. The number of thiazole rings is 1. The molecule has 0 fully saturated rings. The number of hydrogen-bond donors (Lipinski definition) is 1. The van der Waals surface area contributed by atoms with Gasteiger partial charge in [0.15, 0.2) is 5.13 Å². The van der Waals surface area contributed by atoms with Crippen molar-refractivity contribution in [3.8, 4) is 11.8 Å². The van der Waals surface area contributed by atoms with E-state index in [4.69, 9.17) is 10.00 Å². The minimum absolute atomic E-state index is 0.0704. The van der Waals surface area contributed by atoms with E-state index in [0.717, 1.165) is 16.0 Å². The van der Waals surface area contributed by atoms with Gasteiger partial charge in [0.2, 0.25) is 5.91 Å². The van der Waals surface area contributed by atoms with E-state index in [1.54, 1.807) is 0 Å². The van der Waals surface area contributed by atoms with E-state index in [-0.39, 0.29) is 11.8 Å². The largest absolute Gasteiger partial charge is 0.494 e. The van der Waals surface area contributed by atoms with Crippen molar-refractivity contribution in [3.63, 3.8) is 0 Å². The van der Waals surface area contributed by atoms with Crippen LogP contribution in [0.4, 0.5) is 5.13 Å². The number of ether oxygens (including phenoxy) is 1. The van der Waals surface area contributed by atoms with Crippen LogP contribution in [-0.2, 0) is 4.79 Å². The number of nitrogens with zero attached hydrogens (tertiary/aromatic N) is 2. The average molecular weight is 329 g/mol. The number of allylic oxidation sites excluding steroid dienone is 1. The van der Waals surface area contributed by atoms with E-state index in [1.807, 2.05) is 38.1 Å². The van der Waals surface area contributed by atoms with Gasteiger partial charge in [-0.05, 0) is 37.5 Å². The third-order valence-corrected chi connectivity index (χ3v) is 4.14. The van der Waals surface area contributed by atoms with Gasteiger partial charge >= 0.3 is 0 Å². The van der Waals surface area contributed by atoms with E-state index in [2.05, 4.69) is 16.9 Å². The second-order valence-electron chi connectivity index (χ2n) is 5.36. The van der Waals surface area contributed by atoms with Gasteiger partial charge in [0.1, 0.15) is 5.75 Å². The highest BCUT2D eigenvalue weighted by atomic mass is 32.1. The quantitative estimate of drug-likeness (QED) is 0.775. The van der Waals surface area contributed by atoms with Crippen LogP contribution in [0.25, 0.3) is 10.2 Å². The maximum atomic E-state index is 12.1. The zero-order chi connectivity index (χ0) is 16.8. The minimum Gasteiger partial charge on any atom is -0.494 e. The monoisotopic (exact) mass is 329 g/mol. The normalized spacial score (nSPS) is 11.7. The van der Waals surface area contributed by atoms with Crippen molar-refractivity contribution in [2.75, 3.05) is 11.9 Å². The molecule has 0 aliphatic heterocycles. The second-order valence-corrected chi connectivity index (χ2v) is 6.39. The van der Waals surface area contributed by atoms with Crippen molar-refractivity contribution in [2.45, 2.75) is 26.7 Å². The lowest BCUT2D eigenvalue weighted by atomic mass is 9.99. The van der Waals surface area contributed by atoms with Gasteiger partial charge in [-0.25, -0.2) is 4.98 Å². The number of nitriles is 1.